The van der Waals surface area contributed by atoms with Crippen LogP contribution in [0.4, 0.5) is 15.5 Å². The van der Waals surface area contributed by atoms with Gasteiger partial charge in [-0.25, -0.2) is 14.4 Å². The number of thiophene rings is 1. The highest BCUT2D eigenvalue weighted by atomic mass is 32.1. The molecule has 11 heteroatoms. The first-order valence-electron chi connectivity index (χ1n) is 7.73. The number of carboxylic acids is 2. The Morgan fingerprint density at radius 1 is 1.04 bits per heavy atom. The summed E-state index contributed by atoms with van der Waals surface area (Å²) in [6.07, 6.45) is 0. The minimum Gasteiger partial charge on any atom is -0.478 e. The number of rotatable bonds is 6. The molecule has 1 aromatic heterocycles. The fourth-order valence-electron chi connectivity index (χ4n) is 2.10. The summed E-state index contributed by atoms with van der Waals surface area (Å²) in [6.45, 7) is 1.34. The second-order valence-corrected chi connectivity index (χ2v) is 6.60. The molecule has 1 aromatic carbocycles. The molecule has 0 saturated carbocycles. The summed E-state index contributed by atoms with van der Waals surface area (Å²) < 4.78 is 0. The molecule has 0 saturated heterocycles. The van der Waals surface area contributed by atoms with Crippen molar-refractivity contribution >= 4 is 51.7 Å². The third-order valence-corrected chi connectivity index (χ3v) is 4.44. The lowest BCUT2D eigenvalue weighted by atomic mass is 10.1. The maximum Gasteiger partial charge on any atom is 0.394 e. The van der Waals surface area contributed by atoms with Crippen LogP contribution in [-0.2, 0) is 16.1 Å². The van der Waals surface area contributed by atoms with E-state index in [-0.39, 0.29) is 22.9 Å². The Morgan fingerprint density at radius 3 is 2.36 bits per heavy atom. The van der Waals surface area contributed by atoms with Gasteiger partial charge < -0.3 is 26.2 Å². The van der Waals surface area contributed by atoms with Crippen LogP contribution < -0.4 is 16.0 Å². The highest BCUT2D eigenvalue weighted by Gasteiger charge is 2.20. The lowest BCUT2D eigenvalue weighted by Crippen LogP contribution is -2.27. The summed E-state index contributed by atoms with van der Waals surface area (Å²) in [6, 6.07) is 6.96. The van der Waals surface area contributed by atoms with Gasteiger partial charge in [-0.2, -0.15) is 0 Å². The summed E-state index contributed by atoms with van der Waals surface area (Å²) in [5, 5.41) is 24.7. The van der Waals surface area contributed by atoms with Crippen LogP contribution in [-0.4, -0.2) is 39.9 Å². The molecule has 2 aromatic rings. The fourth-order valence-corrected chi connectivity index (χ4v) is 3.08. The molecule has 0 atom stereocenters. The highest BCUT2D eigenvalue weighted by Crippen LogP contribution is 2.28. The average molecular weight is 405 g/mol. The molecule has 0 unspecified atom stereocenters. The number of anilines is 2. The van der Waals surface area contributed by atoms with Crippen molar-refractivity contribution < 1.29 is 34.2 Å². The molecular formula is C17H15N3O7S. The van der Waals surface area contributed by atoms with E-state index in [1.807, 2.05) is 5.32 Å². The number of aliphatic carboxylic acids is 1. The lowest BCUT2D eigenvalue weighted by Gasteiger charge is -2.07. The summed E-state index contributed by atoms with van der Waals surface area (Å²) in [4.78, 5) is 56.8. The van der Waals surface area contributed by atoms with Crippen LogP contribution in [0.25, 0.3) is 0 Å². The lowest BCUT2D eigenvalue weighted by molar-refractivity contribution is -0.147. The standard InChI is InChI=1S/C17H15N3O7S/c1-8(21)9-3-2-4-10(5-9)19-17(27)18-7-11-6-12(15(23)24)14(28-11)20-13(22)16(25)26/h2-6H,7H2,1H3,(H,20,22)(H,23,24)(H,25,26)(H2,18,19,27). The first-order valence-corrected chi connectivity index (χ1v) is 8.55. The summed E-state index contributed by atoms with van der Waals surface area (Å²) in [5.74, 6) is -4.63. The van der Waals surface area contributed by atoms with Crippen molar-refractivity contribution in [2.45, 2.75) is 13.5 Å². The molecule has 146 valence electrons. The number of carbonyl (C=O) groups excluding carboxylic acids is 3. The van der Waals surface area contributed by atoms with Crippen LogP contribution >= 0.6 is 11.3 Å². The molecule has 0 bridgehead atoms. The van der Waals surface area contributed by atoms with E-state index in [4.69, 9.17) is 10.2 Å². The zero-order valence-corrected chi connectivity index (χ0v) is 15.3. The van der Waals surface area contributed by atoms with Crippen molar-refractivity contribution in [1.82, 2.24) is 5.32 Å². The quantitative estimate of drug-likeness (QED) is 0.362. The van der Waals surface area contributed by atoms with Gasteiger partial charge in [0.05, 0.1) is 12.1 Å². The zero-order valence-electron chi connectivity index (χ0n) is 14.4. The molecule has 0 aliphatic carbocycles. The van der Waals surface area contributed by atoms with Crippen LogP contribution in [0.2, 0.25) is 0 Å². The van der Waals surface area contributed by atoms with Gasteiger partial charge in [0.25, 0.3) is 0 Å². The molecule has 0 fully saturated rings. The Hall–Kier alpha value is -3.73. The van der Waals surface area contributed by atoms with E-state index in [2.05, 4.69) is 10.6 Å². The molecule has 5 N–H and O–H groups in total. The smallest absolute Gasteiger partial charge is 0.394 e. The number of carboxylic acid groups (broad SMARTS) is 2. The summed E-state index contributed by atoms with van der Waals surface area (Å²) >= 11 is 0.825. The van der Waals surface area contributed by atoms with E-state index in [1.165, 1.54) is 19.1 Å². The number of aromatic carboxylic acids is 1. The third kappa shape index (κ3) is 5.38. The minimum absolute atomic E-state index is 0.0634. The number of Topliss-reactive ketones (excluding diaryl/α,β-unsaturated/α-hetero) is 1. The Morgan fingerprint density at radius 2 is 1.75 bits per heavy atom. The van der Waals surface area contributed by atoms with Gasteiger partial charge in [-0.1, -0.05) is 12.1 Å². The van der Waals surface area contributed by atoms with Crippen LogP contribution in [0.1, 0.15) is 32.5 Å². The molecule has 28 heavy (non-hydrogen) atoms. The van der Waals surface area contributed by atoms with Crippen molar-refractivity contribution in [2.75, 3.05) is 10.6 Å². The first kappa shape index (κ1) is 20.6. The Balaban J connectivity index is 2.03. The molecule has 0 radical (unpaired) electrons. The van der Waals surface area contributed by atoms with Gasteiger partial charge in [-0.05, 0) is 25.1 Å². The zero-order chi connectivity index (χ0) is 20.8. The Kier molecular flexibility index (Phi) is 6.45. The number of hydrogen-bond acceptors (Lipinski definition) is 6. The highest BCUT2D eigenvalue weighted by molar-refractivity contribution is 7.16. The van der Waals surface area contributed by atoms with E-state index in [9.17, 15) is 24.0 Å². The minimum atomic E-state index is -1.75. The molecule has 0 aliphatic heterocycles. The van der Waals surface area contributed by atoms with E-state index >= 15 is 0 Å². The van der Waals surface area contributed by atoms with Gasteiger partial charge in [0.15, 0.2) is 5.78 Å². The molecule has 10 nitrogen and oxygen atoms in total. The van der Waals surface area contributed by atoms with Crippen LogP contribution in [0.15, 0.2) is 30.3 Å². The number of carbonyl (C=O) groups is 5. The number of amides is 3. The molecule has 3 amide bonds. The Labute approximate surface area is 162 Å². The molecule has 0 aliphatic rings. The van der Waals surface area contributed by atoms with Gasteiger partial charge in [0.1, 0.15) is 5.00 Å². The second kappa shape index (κ2) is 8.77. The predicted octanol–water partition coefficient (Wildman–Crippen LogP) is 1.99. The second-order valence-electron chi connectivity index (χ2n) is 5.46. The monoisotopic (exact) mass is 405 g/mol. The van der Waals surface area contributed by atoms with Gasteiger partial charge >= 0.3 is 23.9 Å². The van der Waals surface area contributed by atoms with E-state index < -0.39 is 23.9 Å². The van der Waals surface area contributed by atoms with Crippen molar-refractivity contribution in [3.8, 4) is 0 Å². The topological polar surface area (TPSA) is 162 Å². The molecule has 0 spiro atoms. The summed E-state index contributed by atoms with van der Waals surface area (Å²) in [5.41, 5.74) is 0.545. The maximum absolute atomic E-state index is 12.0. The van der Waals surface area contributed by atoms with E-state index in [0.717, 1.165) is 11.3 Å². The Bertz CT molecular complexity index is 967. The van der Waals surface area contributed by atoms with Gasteiger partial charge in [0, 0.05) is 16.1 Å². The van der Waals surface area contributed by atoms with E-state index in [1.54, 1.807) is 18.2 Å². The predicted molar refractivity (Wildman–Crippen MR) is 99.8 cm³/mol. The van der Waals surface area contributed by atoms with Crippen LogP contribution in [0, 0.1) is 0 Å². The maximum atomic E-state index is 12.0. The molecule has 2 rings (SSSR count). The van der Waals surface area contributed by atoms with Gasteiger partial charge in [-0.3, -0.25) is 9.59 Å². The van der Waals surface area contributed by atoms with Crippen LogP contribution in [0.5, 0.6) is 0 Å². The van der Waals surface area contributed by atoms with Gasteiger partial charge in [0.2, 0.25) is 0 Å². The van der Waals surface area contributed by atoms with Crippen molar-refractivity contribution in [1.29, 1.82) is 0 Å². The number of hydrogen-bond donors (Lipinski definition) is 5. The largest absolute Gasteiger partial charge is 0.478 e. The number of benzene rings is 1. The van der Waals surface area contributed by atoms with E-state index in [0.29, 0.717) is 16.1 Å². The molecular weight excluding hydrogens is 390 g/mol. The SMILES string of the molecule is CC(=O)c1cccc(NC(=O)NCc2cc(C(=O)O)c(NC(=O)C(=O)O)s2)c1. The van der Waals surface area contributed by atoms with Crippen molar-refractivity contribution in [2.24, 2.45) is 0 Å². The number of nitrogens with one attached hydrogen (secondary N) is 3. The normalized spacial score (nSPS) is 10.0. The number of urea groups is 1. The number of ketones is 1. The third-order valence-electron chi connectivity index (χ3n) is 3.38. The average Bonchev–Trinajstić information content (AvgIpc) is 3.03. The van der Waals surface area contributed by atoms with Crippen molar-refractivity contribution in [3.05, 3.63) is 46.3 Å². The summed E-state index contributed by atoms with van der Waals surface area (Å²) in [7, 11) is 0. The fraction of sp³-hybridized carbons (Fsp3) is 0.118. The molecule has 1 heterocycles. The van der Waals surface area contributed by atoms with Crippen LogP contribution in [0.3, 0.4) is 0 Å². The van der Waals surface area contributed by atoms with Gasteiger partial charge in [-0.15, -0.1) is 11.3 Å². The van der Waals surface area contributed by atoms with Crippen molar-refractivity contribution in [3.63, 3.8) is 0 Å². The first-order chi connectivity index (χ1) is 13.2.